The number of likely N-dealkylation sites (tertiary alicyclic amines) is 1. The number of benzene rings is 2. The summed E-state index contributed by atoms with van der Waals surface area (Å²) in [5.74, 6) is 0.532. The number of hydrogen-bond donors (Lipinski definition) is 2. The second-order valence-electron chi connectivity index (χ2n) is 8.55. The van der Waals surface area contributed by atoms with Crippen LogP contribution in [0, 0.1) is 6.92 Å². The summed E-state index contributed by atoms with van der Waals surface area (Å²) in [6, 6.07) is 21.5. The first-order valence-electron chi connectivity index (χ1n) is 11.6. The lowest BCUT2D eigenvalue weighted by Gasteiger charge is -2.33. The molecule has 1 unspecified atom stereocenters. The Kier molecular flexibility index (Phi) is 7.42. The van der Waals surface area contributed by atoms with Crippen LogP contribution in [-0.2, 0) is 4.79 Å². The third-order valence-corrected chi connectivity index (χ3v) is 6.07. The Hall–Kier alpha value is -3.87. The molecule has 1 aliphatic heterocycles. The third-order valence-electron chi connectivity index (χ3n) is 6.07. The Morgan fingerprint density at radius 3 is 2.18 bits per heavy atom. The maximum Gasteiger partial charge on any atom is 0.287 e. The van der Waals surface area contributed by atoms with Crippen LogP contribution in [-0.4, -0.2) is 41.8 Å². The maximum atomic E-state index is 13.1. The SMILES string of the molecule is Cc1ccc(C(=O)NC2CCN(C(=O)CC(NC(=O)c3ccccc3)c3ccccc3)CC2)o1. The molecule has 2 heterocycles. The lowest BCUT2D eigenvalue weighted by molar-refractivity contribution is -0.132. The first-order chi connectivity index (χ1) is 16.5. The number of carbonyl (C=O) groups is 3. The molecule has 176 valence electrons. The van der Waals surface area contributed by atoms with Gasteiger partial charge >= 0.3 is 0 Å². The molecule has 34 heavy (non-hydrogen) atoms. The number of hydrogen-bond acceptors (Lipinski definition) is 4. The van der Waals surface area contributed by atoms with Crippen LogP contribution in [0.15, 0.2) is 77.2 Å². The van der Waals surface area contributed by atoms with E-state index in [2.05, 4.69) is 10.6 Å². The van der Waals surface area contributed by atoms with Crippen molar-refractivity contribution in [2.75, 3.05) is 13.1 Å². The summed E-state index contributed by atoms with van der Waals surface area (Å²) in [5.41, 5.74) is 1.44. The van der Waals surface area contributed by atoms with Gasteiger partial charge in [0, 0.05) is 24.7 Å². The van der Waals surface area contributed by atoms with Gasteiger partial charge in [0.25, 0.3) is 11.8 Å². The van der Waals surface area contributed by atoms with E-state index in [0.717, 1.165) is 5.56 Å². The van der Waals surface area contributed by atoms with E-state index in [9.17, 15) is 14.4 Å². The van der Waals surface area contributed by atoms with Gasteiger partial charge in [-0.05, 0) is 49.6 Å². The summed E-state index contributed by atoms with van der Waals surface area (Å²) < 4.78 is 5.38. The van der Waals surface area contributed by atoms with Gasteiger partial charge in [0.05, 0.1) is 12.5 Å². The molecule has 0 radical (unpaired) electrons. The van der Waals surface area contributed by atoms with Crippen LogP contribution >= 0.6 is 0 Å². The van der Waals surface area contributed by atoms with Crippen LogP contribution in [0.3, 0.4) is 0 Å². The van der Waals surface area contributed by atoms with Crippen LogP contribution < -0.4 is 10.6 Å². The fourth-order valence-corrected chi connectivity index (χ4v) is 4.16. The lowest BCUT2D eigenvalue weighted by Crippen LogP contribution is -2.47. The molecule has 2 N–H and O–H groups in total. The largest absolute Gasteiger partial charge is 0.456 e. The first kappa shape index (κ1) is 23.3. The van der Waals surface area contributed by atoms with E-state index in [0.29, 0.717) is 43.0 Å². The molecule has 1 aromatic heterocycles. The zero-order valence-electron chi connectivity index (χ0n) is 19.2. The van der Waals surface area contributed by atoms with E-state index in [1.54, 1.807) is 31.2 Å². The Morgan fingerprint density at radius 1 is 0.912 bits per heavy atom. The molecule has 4 rings (SSSR count). The number of rotatable bonds is 7. The van der Waals surface area contributed by atoms with Crippen molar-refractivity contribution in [3.63, 3.8) is 0 Å². The highest BCUT2D eigenvalue weighted by Crippen LogP contribution is 2.21. The monoisotopic (exact) mass is 459 g/mol. The highest BCUT2D eigenvalue weighted by molar-refractivity contribution is 5.94. The minimum Gasteiger partial charge on any atom is -0.456 e. The molecule has 3 amide bonds. The molecule has 7 heteroatoms. The number of nitrogens with zero attached hydrogens (tertiary/aromatic N) is 1. The summed E-state index contributed by atoms with van der Waals surface area (Å²) in [6.45, 7) is 2.90. The Balaban J connectivity index is 1.34. The van der Waals surface area contributed by atoms with Gasteiger partial charge in [0.2, 0.25) is 5.91 Å². The van der Waals surface area contributed by atoms with E-state index < -0.39 is 6.04 Å². The average molecular weight is 460 g/mol. The molecule has 0 bridgehead atoms. The van der Waals surface area contributed by atoms with Crippen molar-refractivity contribution in [3.05, 3.63) is 95.4 Å². The Bertz CT molecular complexity index is 1120. The minimum absolute atomic E-state index is 0.00957. The standard InChI is InChI=1S/C27H29N3O4/c1-19-12-13-24(34-19)27(33)28-22-14-16-30(17-15-22)25(31)18-23(20-8-4-2-5-9-20)29-26(32)21-10-6-3-7-11-21/h2-13,22-23H,14-18H2,1H3,(H,28,33)(H,29,32). The molecular formula is C27H29N3O4. The fourth-order valence-electron chi connectivity index (χ4n) is 4.16. The number of piperidine rings is 1. The number of nitrogens with one attached hydrogen (secondary N) is 2. The number of furan rings is 1. The number of amides is 3. The summed E-state index contributed by atoms with van der Waals surface area (Å²) in [5, 5.41) is 6.01. The van der Waals surface area contributed by atoms with Crippen molar-refractivity contribution in [1.82, 2.24) is 15.5 Å². The molecule has 7 nitrogen and oxygen atoms in total. The Labute approximate surface area is 199 Å². The van der Waals surface area contributed by atoms with Gasteiger partial charge in [-0.15, -0.1) is 0 Å². The number of aryl methyl sites for hydroxylation is 1. The number of carbonyl (C=O) groups excluding carboxylic acids is 3. The van der Waals surface area contributed by atoms with Crippen molar-refractivity contribution >= 4 is 17.7 Å². The summed E-state index contributed by atoms with van der Waals surface area (Å²) >= 11 is 0. The second kappa shape index (κ2) is 10.8. The zero-order valence-corrected chi connectivity index (χ0v) is 19.2. The van der Waals surface area contributed by atoms with Crippen LogP contribution in [0.1, 0.15) is 57.5 Å². The predicted molar refractivity (Wildman–Crippen MR) is 128 cm³/mol. The predicted octanol–water partition coefficient (Wildman–Crippen LogP) is 3.87. The van der Waals surface area contributed by atoms with Crippen molar-refractivity contribution in [2.24, 2.45) is 0 Å². The average Bonchev–Trinajstić information content (AvgIpc) is 3.31. The minimum atomic E-state index is -0.430. The van der Waals surface area contributed by atoms with Crippen molar-refractivity contribution < 1.29 is 18.8 Å². The molecule has 0 spiro atoms. The van der Waals surface area contributed by atoms with Gasteiger partial charge in [-0.25, -0.2) is 0 Å². The zero-order chi connectivity index (χ0) is 23.9. The smallest absolute Gasteiger partial charge is 0.287 e. The summed E-state index contributed by atoms with van der Waals surface area (Å²) in [7, 11) is 0. The van der Waals surface area contributed by atoms with Gasteiger partial charge < -0.3 is 20.0 Å². The first-order valence-corrected chi connectivity index (χ1v) is 11.6. The molecule has 3 aromatic rings. The van der Waals surface area contributed by atoms with Gasteiger partial charge in [-0.3, -0.25) is 14.4 Å². The van der Waals surface area contributed by atoms with Gasteiger partial charge in [-0.2, -0.15) is 0 Å². The van der Waals surface area contributed by atoms with E-state index in [-0.39, 0.29) is 30.2 Å². The van der Waals surface area contributed by atoms with Crippen molar-refractivity contribution in [2.45, 2.75) is 38.3 Å². The highest BCUT2D eigenvalue weighted by Gasteiger charge is 2.27. The molecule has 0 aliphatic carbocycles. The van der Waals surface area contributed by atoms with Crippen LogP contribution in [0.2, 0.25) is 0 Å². The molecule has 1 fully saturated rings. The second-order valence-corrected chi connectivity index (χ2v) is 8.55. The molecule has 0 saturated carbocycles. The van der Waals surface area contributed by atoms with E-state index in [4.69, 9.17) is 4.42 Å². The van der Waals surface area contributed by atoms with Gasteiger partial charge in [0.1, 0.15) is 5.76 Å². The highest BCUT2D eigenvalue weighted by atomic mass is 16.3. The van der Waals surface area contributed by atoms with E-state index in [1.165, 1.54) is 0 Å². The normalized spacial score (nSPS) is 14.9. The molecule has 1 saturated heterocycles. The van der Waals surface area contributed by atoms with Crippen LogP contribution in [0.4, 0.5) is 0 Å². The van der Waals surface area contributed by atoms with Crippen molar-refractivity contribution in [3.8, 4) is 0 Å². The third kappa shape index (κ3) is 5.92. The summed E-state index contributed by atoms with van der Waals surface area (Å²) in [6.07, 6.45) is 1.51. The quantitative estimate of drug-likeness (QED) is 0.561. The van der Waals surface area contributed by atoms with Crippen molar-refractivity contribution in [1.29, 1.82) is 0 Å². The molecule has 1 aliphatic rings. The van der Waals surface area contributed by atoms with E-state index in [1.807, 2.05) is 53.4 Å². The topological polar surface area (TPSA) is 91.7 Å². The fraction of sp³-hybridized carbons (Fsp3) is 0.296. The molecular weight excluding hydrogens is 430 g/mol. The van der Waals surface area contributed by atoms with E-state index >= 15 is 0 Å². The Morgan fingerprint density at radius 2 is 1.56 bits per heavy atom. The lowest BCUT2D eigenvalue weighted by atomic mass is 10.00. The van der Waals surface area contributed by atoms with Gasteiger partial charge in [-0.1, -0.05) is 48.5 Å². The summed E-state index contributed by atoms with van der Waals surface area (Å²) in [4.78, 5) is 40.0. The van der Waals surface area contributed by atoms with Gasteiger partial charge in [0.15, 0.2) is 5.76 Å². The molecule has 1 atom stereocenters. The molecule has 2 aromatic carbocycles. The van der Waals surface area contributed by atoms with Crippen LogP contribution in [0.5, 0.6) is 0 Å². The maximum absolute atomic E-state index is 13.1. The van der Waals surface area contributed by atoms with Crippen LogP contribution in [0.25, 0.3) is 0 Å².